The Hall–Kier alpha value is -2.15. The molecule has 7 heteroatoms. The first-order valence-electron chi connectivity index (χ1n) is 8.09. The van der Waals surface area contributed by atoms with Gasteiger partial charge in [-0.25, -0.2) is 13.4 Å². The molecule has 128 valence electrons. The molecule has 2 aromatic rings. The van der Waals surface area contributed by atoms with E-state index in [-0.39, 0.29) is 12.3 Å². The van der Waals surface area contributed by atoms with Gasteiger partial charge in [0.05, 0.1) is 12.3 Å². The molecule has 0 bridgehead atoms. The third-order valence-corrected chi connectivity index (χ3v) is 6.50. The lowest BCUT2D eigenvalue weighted by molar-refractivity contribution is -0.120. The summed E-state index contributed by atoms with van der Waals surface area (Å²) in [5.41, 5.74) is 1.23. The molecule has 1 aliphatic heterocycles. The number of benzene rings is 1. The molecule has 6 nitrogen and oxygen atoms in total. The summed E-state index contributed by atoms with van der Waals surface area (Å²) in [6.07, 6.45) is 5.41. The molecule has 1 amide bonds. The van der Waals surface area contributed by atoms with Crippen LogP contribution in [0.1, 0.15) is 24.2 Å². The number of nitrogens with one attached hydrogen (secondary N) is 1. The van der Waals surface area contributed by atoms with Crippen LogP contribution in [0.15, 0.2) is 42.7 Å². The van der Waals surface area contributed by atoms with Gasteiger partial charge in [0.15, 0.2) is 9.84 Å². The fourth-order valence-corrected chi connectivity index (χ4v) is 4.76. The molecule has 1 unspecified atom stereocenters. The minimum Gasteiger partial charge on any atom is -0.348 e. The van der Waals surface area contributed by atoms with Gasteiger partial charge in [0, 0.05) is 18.9 Å². The lowest BCUT2D eigenvalue weighted by Gasteiger charge is -2.12. The minimum atomic E-state index is -3.27. The highest BCUT2D eigenvalue weighted by atomic mass is 32.2. The Bertz CT molecular complexity index is 799. The molecular formula is C17H21N3O3S. The number of carbonyl (C=O) groups excluding carboxylic acids is 1. The molecule has 1 aromatic carbocycles. The quantitative estimate of drug-likeness (QED) is 0.854. The molecule has 0 saturated carbocycles. The van der Waals surface area contributed by atoms with Crippen molar-refractivity contribution in [3.63, 3.8) is 0 Å². The lowest BCUT2D eigenvalue weighted by Crippen LogP contribution is -2.37. The first-order valence-corrected chi connectivity index (χ1v) is 9.81. The van der Waals surface area contributed by atoms with Crippen molar-refractivity contribution in [2.45, 2.75) is 37.6 Å². The fourth-order valence-electron chi connectivity index (χ4n) is 2.97. The normalized spacial score (nSPS) is 19.2. The van der Waals surface area contributed by atoms with Crippen LogP contribution in [0.4, 0.5) is 0 Å². The van der Waals surface area contributed by atoms with Gasteiger partial charge in [-0.1, -0.05) is 30.3 Å². The van der Waals surface area contributed by atoms with Crippen molar-refractivity contribution >= 4 is 15.7 Å². The highest BCUT2D eigenvalue weighted by molar-refractivity contribution is 7.93. The van der Waals surface area contributed by atoms with Crippen molar-refractivity contribution in [2.24, 2.45) is 0 Å². The van der Waals surface area contributed by atoms with Crippen molar-refractivity contribution < 1.29 is 13.2 Å². The number of sulfone groups is 1. The highest BCUT2D eigenvalue weighted by Gasteiger charge is 2.36. The van der Waals surface area contributed by atoms with Gasteiger partial charge in [-0.3, -0.25) is 4.79 Å². The SMILES string of the molecule is O=C(NCc1nccn1CCc1ccccc1)C1CCCS1(=O)=O. The molecule has 24 heavy (non-hydrogen) atoms. The molecular weight excluding hydrogens is 326 g/mol. The summed E-state index contributed by atoms with van der Waals surface area (Å²) < 4.78 is 25.6. The third kappa shape index (κ3) is 3.84. The van der Waals surface area contributed by atoms with E-state index in [0.717, 1.165) is 18.8 Å². The van der Waals surface area contributed by atoms with E-state index in [1.165, 1.54) is 5.56 Å². The molecule has 1 aromatic heterocycles. The standard InChI is InChI=1S/C17H21N3O3S/c21-17(15-7-4-12-24(15,22)23)19-13-16-18-9-11-20(16)10-8-14-5-2-1-3-6-14/h1-3,5-6,9,11,15H,4,7-8,10,12-13H2,(H,19,21). The zero-order valence-electron chi connectivity index (χ0n) is 13.4. The summed E-state index contributed by atoms with van der Waals surface area (Å²) in [5, 5.41) is 1.82. The summed E-state index contributed by atoms with van der Waals surface area (Å²) in [4.78, 5) is 16.4. The monoisotopic (exact) mass is 347 g/mol. The Morgan fingerprint density at radius 3 is 2.79 bits per heavy atom. The van der Waals surface area contributed by atoms with Crippen LogP contribution in [0, 0.1) is 0 Å². The Morgan fingerprint density at radius 1 is 1.29 bits per heavy atom. The molecule has 1 aliphatic rings. The molecule has 1 fully saturated rings. The van der Waals surface area contributed by atoms with Crippen LogP contribution in [0.2, 0.25) is 0 Å². The van der Waals surface area contributed by atoms with E-state index in [4.69, 9.17) is 0 Å². The molecule has 2 heterocycles. The van der Waals surface area contributed by atoms with E-state index in [0.29, 0.717) is 12.8 Å². The predicted molar refractivity (Wildman–Crippen MR) is 91.0 cm³/mol. The largest absolute Gasteiger partial charge is 0.348 e. The first kappa shape index (κ1) is 16.7. The van der Waals surface area contributed by atoms with Crippen molar-refractivity contribution in [3.05, 3.63) is 54.1 Å². The van der Waals surface area contributed by atoms with Crippen molar-refractivity contribution in [1.82, 2.24) is 14.9 Å². The number of hydrogen-bond acceptors (Lipinski definition) is 4. The Morgan fingerprint density at radius 2 is 2.08 bits per heavy atom. The van der Waals surface area contributed by atoms with Crippen LogP contribution in [-0.4, -0.2) is 34.9 Å². The third-order valence-electron chi connectivity index (χ3n) is 4.33. The number of nitrogens with zero attached hydrogens (tertiary/aromatic N) is 2. The van der Waals surface area contributed by atoms with Gasteiger partial charge in [0.1, 0.15) is 11.1 Å². The Labute approximate surface area is 141 Å². The van der Waals surface area contributed by atoms with Crippen LogP contribution < -0.4 is 5.32 Å². The fraction of sp³-hybridized carbons (Fsp3) is 0.412. The molecule has 0 radical (unpaired) electrons. The summed E-state index contributed by atoms with van der Waals surface area (Å²) in [7, 11) is -3.27. The number of aryl methyl sites for hydroxylation is 2. The van der Waals surface area contributed by atoms with Crippen molar-refractivity contribution in [2.75, 3.05) is 5.75 Å². The number of carbonyl (C=O) groups is 1. The molecule has 0 aliphatic carbocycles. The van der Waals surface area contributed by atoms with Crippen LogP contribution in [0.5, 0.6) is 0 Å². The second-order valence-corrected chi connectivity index (χ2v) is 8.29. The van der Waals surface area contributed by atoms with Gasteiger partial charge in [-0.2, -0.15) is 0 Å². The van der Waals surface area contributed by atoms with Crippen LogP contribution >= 0.6 is 0 Å². The van der Waals surface area contributed by atoms with E-state index in [1.807, 2.05) is 29.0 Å². The van der Waals surface area contributed by atoms with E-state index in [2.05, 4.69) is 22.4 Å². The molecule has 3 rings (SSSR count). The smallest absolute Gasteiger partial charge is 0.238 e. The number of hydrogen-bond donors (Lipinski definition) is 1. The van der Waals surface area contributed by atoms with Gasteiger partial charge in [0.2, 0.25) is 5.91 Å². The van der Waals surface area contributed by atoms with Gasteiger partial charge >= 0.3 is 0 Å². The van der Waals surface area contributed by atoms with E-state index in [1.54, 1.807) is 6.20 Å². The molecule has 1 atom stereocenters. The number of aromatic nitrogens is 2. The van der Waals surface area contributed by atoms with Gasteiger partial charge in [0.25, 0.3) is 0 Å². The lowest BCUT2D eigenvalue weighted by atomic mass is 10.1. The van der Waals surface area contributed by atoms with Gasteiger partial charge in [-0.15, -0.1) is 0 Å². The minimum absolute atomic E-state index is 0.108. The predicted octanol–water partition coefficient (Wildman–Crippen LogP) is 1.32. The number of imidazole rings is 1. The second-order valence-electron chi connectivity index (χ2n) is 5.99. The summed E-state index contributed by atoms with van der Waals surface area (Å²) >= 11 is 0. The molecule has 1 N–H and O–H groups in total. The summed E-state index contributed by atoms with van der Waals surface area (Å²) in [5.74, 6) is 0.427. The van der Waals surface area contributed by atoms with Gasteiger partial charge < -0.3 is 9.88 Å². The van der Waals surface area contributed by atoms with Crippen LogP contribution in [-0.2, 0) is 34.1 Å². The molecule has 0 spiro atoms. The topological polar surface area (TPSA) is 81.1 Å². The maximum Gasteiger partial charge on any atom is 0.238 e. The van der Waals surface area contributed by atoms with Crippen molar-refractivity contribution in [1.29, 1.82) is 0 Å². The average molecular weight is 347 g/mol. The Balaban J connectivity index is 1.57. The zero-order chi connectivity index (χ0) is 17.0. The van der Waals surface area contributed by atoms with Crippen LogP contribution in [0.3, 0.4) is 0 Å². The van der Waals surface area contributed by atoms with Gasteiger partial charge in [-0.05, 0) is 24.8 Å². The van der Waals surface area contributed by atoms with E-state index < -0.39 is 21.0 Å². The molecule has 1 saturated heterocycles. The van der Waals surface area contributed by atoms with Crippen molar-refractivity contribution in [3.8, 4) is 0 Å². The second kappa shape index (κ2) is 7.17. The van der Waals surface area contributed by atoms with E-state index >= 15 is 0 Å². The van der Waals surface area contributed by atoms with Crippen LogP contribution in [0.25, 0.3) is 0 Å². The number of rotatable bonds is 6. The summed E-state index contributed by atoms with van der Waals surface area (Å²) in [6.45, 7) is 1.00. The maximum absolute atomic E-state index is 12.1. The highest BCUT2D eigenvalue weighted by Crippen LogP contribution is 2.20. The zero-order valence-corrected chi connectivity index (χ0v) is 14.2. The Kier molecular flexibility index (Phi) is 4.99. The summed E-state index contributed by atoms with van der Waals surface area (Å²) in [6, 6.07) is 10.1. The van der Waals surface area contributed by atoms with E-state index in [9.17, 15) is 13.2 Å². The first-order chi connectivity index (χ1) is 11.6. The average Bonchev–Trinajstić information content (AvgIpc) is 3.17. The maximum atomic E-state index is 12.1. The number of amides is 1.